The molecule has 1 aliphatic heterocycles. The number of likely N-dealkylation sites (N-methyl/N-ethyl adjacent to an activating group) is 1. The molecule has 0 radical (unpaired) electrons. The molecule has 2 heteroatoms. The molecule has 1 heterocycles. The highest BCUT2D eigenvalue weighted by Gasteiger charge is 2.33. The summed E-state index contributed by atoms with van der Waals surface area (Å²) in [6.45, 7) is 20.4. The van der Waals surface area contributed by atoms with Gasteiger partial charge >= 0.3 is 0 Å². The van der Waals surface area contributed by atoms with Gasteiger partial charge in [-0.05, 0) is 28.9 Å². The van der Waals surface area contributed by atoms with Gasteiger partial charge in [-0.2, -0.15) is 4.58 Å². The summed E-state index contributed by atoms with van der Waals surface area (Å²) in [4.78, 5) is 2.38. The van der Waals surface area contributed by atoms with Gasteiger partial charge in [0.1, 0.15) is 6.72 Å². The molecule has 0 aromatic heterocycles. The Labute approximate surface area is 177 Å². The van der Waals surface area contributed by atoms with E-state index in [4.69, 9.17) is 0 Å². The molecule has 0 N–H and O–H groups in total. The Morgan fingerprint density at radius 3 is 1.86 bits per heavy atom. The molecule has 0 aliphatic carbocycles. The van der Waals surface area contributed by atoms with Crippen LogP contribution in [-0.4, -0.2) is 18.3 Å². The van der Waals surface area contributed by atoms with Crippen molar-refractivity contribution in [2.45, 2.75) is 72.1 Å². The van der Waals surface area contributed by atoms with E-state index in [1.54, 1.807) is 0 Å². The SMILES string of the molecule is C=[N+](C=C1C(C)c2cccc(C(C)C)c2N1C)c1c(C(C)C)cccc1C(C)C. The van der Waals surface area contributed by atoms with Crippen molar-refractivity contribution in [1.29, 1.82) is 0 Å². The summed E-state index contributed by atoms with van der Waals surface area (Å²) >= 11 is 0. The summed E-state index contributed by atoms with van der Waals surface area (Å²) in [5.74, 6) is 1.76. The molecule has 2 aromatic carbocycles. The van der Waals surface area contributed by atoms with Crippen LogP contribution < -0.4 is 4.90 Å². The van der Waals surface area contributed by atoms with Gasteiger partial charge in [-0.25, -0.2) is 0 Å². The van der Waals surface area contributed by atoms with Crippen molar-refractivity contribution in [1.82, 2.24) is 0 Å². The Bertz CT molecular complexity index is 921. The lowest BCUT2D eigenvalue weighted by molar-refractivity contribution is -0.352. The average Bonchev–Trinajstić information content (AvgIpc) is 2.92. The first kappa shape index (κ1) is 21.4. The van der Waals surface area contributed by atoms with Gasteiger partial charge in [0.2, 0.25) is 5.69 Å². The molecule has 2 nitrogen and oxygen atoms in total. The van der Waals surface area contributed by atoms with Crippen molar-refractivity contribution in [2.24, 2.45) is 0 Å². The summed E-state index contributed by atoms with van der Waals surface area (Å²) in [5, 5.41) is 0. The summed E-state index contributed by atoms with van der Waals surface area (Å²) in [6.07, 6.45) is 2.25. The van der Waals surface area contributed by atoms with Crippen LogP contribution in [-0.2, 0) is 0 Å². The van der Waals surface area contributed by atoms with Crippen LogP contribution in [0.1, 0.15) is 94.4 Å². The Balaban J connectivity index is 2.11. The lowest BCUT2D eigenvalue weighted by Crippen LogP contribution is -2.16. The van der Waals surface area contributed by atoms with Crippen molar-refractivity contribution < 1.29 is 4.58 Å². The number of benzene rings is 2. The molecule has 2 aromatic rings. The molecular formula is C27H37N2+. The maximum Gasteiger partial charge on any atom is 0.217 e. The number of rotatable bonds is 5. The molecule has 1 unspecified atom stereocenters. The van der Waals surface area contributed by atoms with Crippen LogP contribution in [0.3, 0.4) is 0 Å². The minimum atomic E-state index is 0.353. The third-order valence-electron chi connectivity index (χ3n) is 6.27. The molecule has 0 amide bonds. The Kier molecular flexibility index (Phi) is 6.03. The van der Waals surface area contributed by atoms with Crippen LogP contribution >= 0.6 is 0 Å². The number of allylic oxidation sites excluding steroid dienone is 1. The van der Waals surface area contributed by atoms with E-state index in [0.29, 0.717) is 23.7 Å². The van der Waals surface area contributed by atoms with Crippen molar-refractivity contribution in [3.8, 4) is 0 Å². The van der Waals surface area contributed by atoms with E-state index in [9.17, 15) is 0 Å². The second kappa shape index (κ2) is 8.18. The smallest absolute Gasteiger partial charge is 0.217 e. The fourth-order valence-corrected chi connectivity index (χ4v) is 4.63. The molecule has 1 aliphatic rings. The lowest BCUT2D eigenvalue weighted by Gasteiger charge is -2.20. The first-order valence-corrected chi connectivity index (χ1v) is 11.0. The monoisotopic (exact) mass is 389 g/mol. The first-order valence-electron chi connectivity index (χ1n) is 11.0. The molecule has 0 spiro atoms. The molecule has 0 saturated carbocycles. The standard InChI is InChI=1S/C27H37N2/c1-17(2)21-12-10-13-22(18(3)4)26(21)28(8)16-25-20(7)24-15-11-14-23(19(5)6)27(24)29(25)9/h10-20H,8H2,1-7,9H3/q+1. The van der Waals surface area contributed by atoms with E-state index in [0.717, 1.165) is 0 Å². The molecule has 0 fully saturated rings. The molecule has 29 heavy (non-hydrogen) atoms. The quantitative estimate of drug-likeness (QED) is 0.379. The topological polar surface area (TPSA) is 6.25 Å². The van der Waals surface area contributed by atoms with Crippen LogP contribution in [0.2, 0.25) is 0 Å². The molecule has 3 rings (SSSR count). The van der Waals surface area contributed by atoms with Gasteiger partial charge in [0.15, 0.2) is 6.20 Å². The van der Waals surface area contributed by atoms with E-state index in [1.165, 1.54) is 39.3 Å². The largest absolute Gasteiger partial charge is 0.342 e. The molecule has 1 atom stereocenters. The number of fused-ring (bicyclic) bond motifs is 1. The van der Waals surface area contributed by atoms with Gasteiger partial charge in [-0.3, -0.25) is 0 Å². The zero-order valence-electron chi connectivity index (χ0n) is 19.5. The third kappa shape index (κ3) is 3.77. The van der Waals surface area contributed by atoms with Crippen LogP contribution in [0.25, 0.3) is 0 Å². The van der Waals surface area contributed by atoms with Crippen molar-refractivity contribution in [3.63, 3.8) is 0 Å². The first-order chi connectivity index (χ1) is 13.6. The maximum atomic E-state index is 4.48. The van der Waals surface area contributed by atoms with Crippen LogP contribution in [0.4, 0.5) is 11.4 Å². The highest BCUT2D eigenvalue weighted by molar-refractivity contribution is 5.71. The van der Waals surface area contributed by atoms with Crippen LogP contribution in [0.5, 0.6) is 0 Å². The number of hydrogen-bond donors (Lipinski definition) is 0. The normalized spacial score (nSPS) is 17.7. The van der Waals surface area contributed by atoms with Crippen molar-refractivity contribution in [2.75, 3.05) is 11.9 Å². The van der Waals surface area contributed by atoms with Gasteiger partial charge in [0, 0.05) is 29.8 Å². The second-order valence-corrected chi connectivity index (χ2v) is 9.34. The number of anilines is 1. The van der Waals surface area contributed by atoms with Crippen molar-refractivity contribution in [3.05, 3.63) is 70.5 Å². The van der Waals surface area contributed by atoms with E-state index in [2.05, 4.69) is 114 Å². The van der Waals surface area contributed by atoms with E-state index in [1.807, 2.05) is 0 Å². The highest BCUT2D eigenvalue weighted by Crippen LogP contribution is 2.46. The summed E-state index contributed by atoms with van der Waals surface area (Å²) in [7, 11) is 2.20. The third-order valence-corrected chi connectivity index (χ3v) is 6.27. The Hall–Kier alpha value is -2.35. The zero-order valence-corrected chi connectivity index (χ0v) is 19.5. The van der Waals surface area contributed by atoms with Crippen LogP contribution in [0.15, 0.2) is 48.3 Å². The zero-order chi connectivity index (χ0) is 21.5. The summed E-state index contributed by atoms with van der Waals surface area (Å²) in [5.41, 5.74) is 9.48. The van der Waals surface area contributed by atoms with Crippen molar-refractivity contribution >= 4 is 18.1 Å². The van der Waals surface area contributed by atoms with E-state index in [-0.39, 0.29) is 0 Å². The Morgan fingerprint density at radius 2 is 1.34 bits per heavy atom. The number of para-hydroxylation sites is 2. The molecular weight excluding hydrogens is 352 g/mol. The fourth-order valence-electron chi connectivity index (χ4n) is 4.63. The number of hydrogen-bond acceptors (Lipinski definition) is 1. The van der Waals surface area contributed by atoms with E-state index < -0.39 is 0 Å². The summed E-state index contributed by atoms with van der Waals surface area (Å²) < 4.78 is 2.12. The van der Waals surface area contributed by atoms with Gasteiger partial charge in [-0.15, -0.1) is 0 Å². The van der Waals surface area contributed by atoms with Gasteiger partial charge < -0.3 is 4.90 Å². The second-order valence-electron chi connectivity index (χ2n) is 9.34. The fraction of sp³-hybridized carbons (Fsp3) is 0.444. The maximum absolute atomic E-state index is 4.48. The highest BCUT2D eigenvalue weighted by atomic mass is 15.2. The molecule has 0 bridgehead atoms. The Morgan fingerprint density at radius 1 is 0.862 bits per heavy atom. The summed E-state index contributed by atoms with van der Waals surface area (Å²) in [6, 6.07) is 13.4. The average molecular weight is 390 g/mol. The molecule has 154 valence electrons. The minimum absolute atomic E-state index is 0.353. The lowest BCUT2D eigenvalue weighted by atomic mass is 9.92. The van der Waals surface area contributed by atoms with Gasteiger partial charge in [-0.1, -0.05) is 84.9 Å². The minimum Gasteiger partial charge on any atom is -0.342 e. The van der Waals surface area contributed by atoms with Gasteiger partial charge in [0.25, 0.3) is 0 Å². The molecule has 0 saturated heterocycles. The predicted octanol–water partition coefficient (Wildman–Crippen LogP) is 7.50. The van der Waals surface area contributed by atoms with Gasteiger partial charge in [0.05, 0.1) is 5.70 Å². The van der Waals surface area contributed by atoms with E-state index >= 15 is 0 Å². The van der Waals surface area contributed by atoms with Crippen LogP contribution in [0, 0.1) is 0 Å². The predicted molar refractivity (Wildman–Crippen MR) is 127 cm³/mol. The number of nitrogens with zero attached hydrogens (tertiary/aromatic N) is 2.